The van der Waals surface area contributed by atoms with Crippen LogP contribution in [0.15, 0.2) is 16.7 Å². The highest BCUT2D eigenvalue weighted by atomic mass is 79.9. The van der Waals surface area contributed by atoms with Gasteiger partial charge in [0.1, 0.15) is 5.82 Å². The summed E-state index contributed by atoms with van der Waals surface area (Å²) in [5.74, 6) is 0.568. The Balaban J connectivity index is 2.93. The standard InChI is InChI=1S/C7H10BrN3/c8-6-3-5(1-2-9)7(10)11-4-6/h3-4H,1-2,9H2,(H2,10,11). The van der Waals surface area contributed by atoms with Gasteiger partial charge in [-0.25, -0.2) is 4.98 Å². The highest BCUT2D eigenvalue weighted by Gasteiger charge is 1.98. The zero-order valence-electron chi connectivity index (χ0n) is 6.05. The van der Waals surface area contributed by atoms with Crippen molar-refractivity contribution < 1.29 is 0 Å². The largest absolute Gasteiger partial charge is 0.383 e. The molecule has 0 amide bonds. The molecule has 1 aromatic heterocycles. The Hall–Kier alpha value is -0.610. The monoisotopic (exact) mass is 215 g/mol. The Labute approximate surface area is 73.9 Å². The summed E-state index contributed by atoms with van der Waals surface area (Å²) in [5, 5.41) is 0. The molecule has 0 fully saturated rings. The highest BCUT2D eigenvalue weighted by Crippen LogP contribution is 2.15. The average molecular weight is 216 g/mol. The molecule has 1 aromatic rings. The van der Waals surface area contributed by atoms with Crippen molar-refractivity contribution >= 4 is 21.7 Å². The Morgan fingerprint density at radius 3 is 2.91 bits per heavy atom. The van der Waals surface area contributed by atoms with Crippen molar-refractivity contribution in [1.82, 2.24) is 4.98 Å². The van der Waals surface area contributed by atoms with E-state index < -0.39 is 0 Å². The van der Waals surface area contributed by atoms with Gasteiger partial charge in [0, 0.05) is 10.7 Å². The van der Waals surface area contributed by atoms with Crippen molar-refractivity contribution in [3.63, 3.8) is 0 Å². The van der Waals surface area contributed by atoms with E-state index in [-0.39, 0.29) is 0 Å². The summed E-state index contributed by atoms with van der Waals surface area (Å²) in [6.07, 6.45) is 2.45. The smallest absolute Gasteiger partial charge is 0.126 e. The first-order valence-electron chi connectivity index (χ1n) is 3.34. The summed E-state index contributed by atoms with van der Waals surface area (Å²) >= 11 is 3.31. The number of halogens is 1. The van der Waals surface area contributed by atoms with Crippen LogP contribution in [0.1, 0.15) is 5.56 Å². The molecule has 3 nitrogen and oxygen atoms in total. The lowest BCUT2D eigenvalue weighted by Gasteiger charge is -2.02. The van der Waals surface area contributed by atoms with Gasteiger partial charge < -0.3 is 11.5 Å². The van der Waals surface area contributed by atoms with E-state index in [9.17, 15) is 0 Å². The van der Waals surface area contributed by atoms with Crippen LogP contribution in [0.4, 0.5) is 5.82 Å². The zero-order chi connectivity index (χ0) is 8.27. The SMILES string of the molecule is NCCc1cc(Br)cnc1N. The molecule has 0 aliphatic rings. The van der Waals surface area contributed by atoms with E-state index in [1.54, 1.807) is 6.20 Å². The second kappa shape index (κ2) is 3.69. The predicted molar refractivity (Wildman–Crippen MR) is 49.1 cm³/mol. The topological polar surface area (TPSA) is 64.9 Å². The molecule has 0 unspecified atom stereocenters. The van der Waals surface area contributed by atoms with E-state index in [4.69, 9.17) is 11.5 Å². The fourth-order valence-corrected chi connectivity index (χ4v) is 1.23. The number of anilines is 1. The number of hydrogen-bond donors (Lipinski definition) is 2. The first-order valence-corrected chi connectivity index (χ1v) is 4.13. The van der Waals surface area contributed by atoms with Gasteiger partial charge in [0.05, 0.1) is 0 Å². The maximum atomic E-state index is 5.59. The number of nitrogens with zero attached hydrogens (tertiary/aromatic N) is 1. The van der Waals surface area contributed by atoms with Crippen LogP contribution in [-0.4, -0.2) is 11.5 Å². The van der Waals surface area contributed by atoms with Crippen molar-refractivity contribution in [3.8, 4) is 0 Å². The van der Waals surface area contributed by atoms with Crippen LogP contribution in [0.25, 0.3) is 0 Å². The van der Waals surface area contributed by atoms with Crippen molar-refractivity contribution in [2.45, 2.75) is 6.42 Å². The first kappa shape index (κ1) is 8.49. The predicted octanol–water partition coefficient (Wildman–Crippen LogP) is 0.927. The van der Waals surface area contributed by atoms with Crippen LogP contribution < -0.4 is 11.5 Å². The lowest BCUT2D eigenvalue weighted by atomic mass is 10.2. The van der Waals surface area contributed by atoms with Crippen LogP contribution in [0, 0.1) is 0 Å². The van der Waals surface area contributed by atoms with Crippen LogP contribution in [0.2, 0.25) is 0 Å². The van der Waals surface area contributed by atoms with E-state index in [1.165, 1.54) is 0 Å². The van der Waals surface area contributed by atoms with Crippen molar-refractivity contribution in [3.05, 3.63) is 22.3 Å². The molecule has 11 heavy (non-hydrogen) atoms. The number of nitrogens with two attached hydrogens (primary N) is 2. The van der Waals surface area contributed by atoms with Gasteiger partial charge >= 0.3 is 0 Å². The summed E-state index contributed by atoms with van der Waals surface area (Å²) in [5.41, 5.74) is 12.0. The number of nitrogen functional groups attached to an aromatic ring is 1. The van der Waals surface area contributed by atoms with Crippen molar-refractivity contribution in [1.29, 1.82) is 0 Å². The molecule has 1 heterocycles. The van der Waals surface area contributed by atoms with Crippen LogP contribution in [0.3, 0.4) is 0 Å². The van der Waals surface area contributed by atoms with Crippen LogP contribution in [0.5, 0.6) is 0 Å². The molecule has 1 rings (SSSR count). The van der Waals surface area contributed by atoms with E-state index in [0.29, 0.717) is 12.4 Å². The molecule has 60 valence electrons. The highest BCUT2D eigenvalue weighted by molar-refractivity contribution is 9.10. The molecule has 0 aromatic carbocycles. The second-order valence-electron chi connectivity index (χ2n) is 2.24. The van der Waals surface area contributed by atoms with E-state index in [1.807, 2.05) is 6.07 Å². The molecule has 0 spiro atoms. The summed E-state index contributed by atoms with van der Waals surface area (Å²) in [4.78, 5) is 3.97. The van der Waals surface area contributed by atoms with Crippen molar-refractivity contribution in [2.24, 2.45) is 5.73 Å². The second-order valence-corrected chi connectivity index (χ2v) is 3.15. The van der Waals surface area contributed by atoms with Gasteiger partial charge in [-0.2, -0.15) is 0 Å². The maximum Gasteiger partial charge on any atom is 0.126 e. The zero-order valence-corrected chi connectivity index (χ0v) is 7.63. The first-order chi connectivity index (χ1) is 5.24. The molecule has 0 aliphatic heterocycles. The molecule has 0 aliphatic carbocycles. The van der Waals surface area contributed by atoms with Gasteiger partial charge in [-0.05, 0) is 40.5 Å². The quantitative estimate of drug-likeness (QED) is 0.772. The number of aromatic nitrogens is 1. The third kappa shape index (κ3) is 2.17. The Kier molecular flexibility index (Phi) is 2.84. The van der Waals surface area contributed by atoms with Gasteiger partial charge in [-0.15, -0.1) is 0 Å². The normalized spacial score (nSPS) is 10.0. The summed E-state index contributed by atoms with van der Waals surface area (Å²) in [6, 6.07) is 1.94. The molecule has 0 bridgehead atoms. The fourth-order valence-electron chi connectivity index (χ4n) is 0.848. The minimum absolute atomic E-state index is 0.568. The van der Waals surface area contributed by atoms with Crippen molar-refractivity contribution in [2.75, 3.05) is 12.3 Å². The number of pyridine rings is 1. The number of hydrogen-bond acceptors (Lipinski definition) is 3. The molecule has 0 saturated carbocycles. The molecular formula is C7H10BrN3. The molecule has 0 saturated heterocycles. The molecular weight excluding hydrogens is 206 g/mol. The average Bonchev–Trinajstić information content (AvgIpc) is 1.98. The Bertz CT molecular complexity index is 249. The lowest BCUT2D eigenvalue weighted by Crippen LogP contribution is -2.06. The van der Waals surface area contributed by atoms with E-state index in [0.717, 1.165) is 16.5 Å². The van der Waals surface area contributed by atoms with E-state index >= 15 is 0 Å². The van der Waals surface area contributed by atoms with Gasteiger partial charge in [-0.1, -0.05) is 0 Å². The van der Waals surface area contributed by atoms with Crippen LogP contribution >= 0.6 is 15.9 Å². The van der Waals surface area contributed by atoms with E-state index in [2.05, 4.69) is 20.9 Å². The Morgan fingerprint density at radius 2 is 2.27 bits per heavy atom. The number of rotatable bonds is 2. The summed E-state index contributed by atoms with van der Waals surface area (Å²) < 4.78 is 0.940. The minimum atomic E-state index is 0.568. The van der Waals surface area contributed by atoms with Gasteiger partial charge in [0.25, 0.3) is 0 Å². The molecule has 0 atom stereocenters. The third-order valence-electron chi connectivity index (χ3n) is 1.38. The minimum Gasteiger partial charge on any atom is -0.383 e. The Morgan fingerprint density at radius 1 is 1.55 bits per heavy atom. The van der Waals surface area contributed by atoms with Gasteiger partial charge in [0.15, 0.2) is 0 Å². The van der Waals surface area contributed by atoms with Gasteiger partial charge in [-0.3, -0.25) is 0 Å². The van der Waals surface area contributed by atoms with Gasteiger partial charge in [0.2, 0.25) is 0 Å². The summed E-state index contributed by atoms with van der Waals surface area (Å²) in [6.45, 7) is 0.600. The maximum absolute atomic E-state index is 5.59. The summed E-state index contributed by atoms with van der Waals surface area (Å²) in [7, 11) is 0. The molecule has 4 heteroatoms. The fraction of sp³-hybridized carbons (Fsp3) is 0.286. The molecule has 4 N–H and O–H groups in total. The van der Waals surface area contributed by atoms with Crippen LogP contribution in [-0.2, 0) is 6.42 Å². The lowest BCUT2D eigenvalue weighted by molar-refractivity contribution is 0.961. The third-order valence-corrected chi connectivity index (χ3v) is 1.82. The molecule has 0 radical (unpaired) electrons.